The third-order valence-electron chi connectivity index (χ3n) is 7.24. The van der Waals surface area contributed by atoms with Gasteiger partial charge in [0.25, 0.3) is 0 Å². The van der Waals surface area contributed by atoms with E-state index in [0.717, 1.165) is 40.8 Å². The summed E-state index contributed by atoms with van der Waals surface area (Å²) in [5.41, 5.74) is 4.43. The van der Waals surface area contributed by atoms with Crippen LogP contribution in [-0.4, -0.2) is 85.7 Å². The van der Waals surface area contributed by atoms with Gasteiger partial charge in [0.15, 0.2) is 0 Å². The highest BCUT2D eigenvalue weighted by molar-refractivity contribution is 5.89. The van der Waals surface area contributed by atoms with E-state index in [1.54, 1.807) is 11.6 Å². The minimum Gasteiger partial charge on any atom is -0.479 e. The highest BCUT2D eigenvalue weighted by atomic mass is 19.1. The summed E-state index contributed by atoms with van der Waals surface area (Å²) in [4.78, 5) is 6.79. The summed E-state index contributed by atoms with van der Waals surface area (Å²) in [6, 6.07) is 7.65. The normalized spacial score (nSPS) is 22.4. The number of methoxy groups -OCH3 is 1. The van der Waals surface area contributed by atoms with E-state index in [2.05, 4.69) is 43.6 Å². The Bertz CT molecular complexity index is 1380. The molecule has 2 aliphatic heterocycles. The van der Waals surface area contributed by atoms with Crippen LogP contribution in [0.4, 0.5) is 10.3 Å². The van der Waals surface area contributed by atoms with E-state index < -0.39 is 6.17 Å². The molecule has 4 aromatic rings. The van der Waals surface area contributed by atoms with Crippen LogP contribution in [0.1, 0.15) is 20.3 Å². The number of benzene rings is 1. The van der Waals surface area contributed by atoms with Crippen LogP contribution >= 0.6 is 0 Å². The van der Waals surface area contributed by atoms with Crippen molar-refractivity contribution in [3.05, 3.63) is 30.5 Å². The number of alkyl halides is 1. The van der Waals surface area contributed by atoms with Crippen LogP contribution < -0.4 is 10.1 Å². The molecule has 11 heteroatoms. The predicted octanol–water partition coefficient (Wildman–Crippen LogP) is 2.78. The summed E-state index contributed by atoms with van der Waals surface area (Å²) < 4.78 is 29.7. The first kappa shape index (κ1) is 22.2. The molecule has 0 spiro atoms. The quantitative estimate of drug-likeness (QED) is 0.450. The zero-order valence-corrected chi connectivity index (χ0v) is 20.1. The van der Waals surface area contributed by atoms with Gasteiger partial charge in [-0.1, -0.05) is 11.3 Å². The van der Waals surface area contributed by atoms with Crippen LogP contribution in [-0.2, 0) is 11.3 Å². The fourth-order valence-corrected chi connectivity index (χ4v) is 5.10. The molecule has 35 heavy (non-hydrogen) atoms. The van der Waals surface area contributed by atoms with Crippen LogP contribution in [0.5, 0.6) is 5.88 Å². The van der Waals surface area contributed by atoms with Gasteiger partial charge in [-0.2, -0.15) is 4.98 Å². The smallest absolute Gasteiger partial charge is 0.244 e. The van der Waals surface area contributed by atoms with Crippen molar-refractivity contribution in [1.29, 1.82) is 0 Å². The summed E-state index contributed by atoms with van der Waals surface area (Å²) in [5, 5.41) is 16.3. The zero-order valence-electron chi connectivity index (χ0n) is 20.1. The summed E-state index contributed by atoms with van der Waals surface area (Å²) in [5.74, 6) is 0.774. The number of nitrogens with zero attached hydrogens (tertiary/aromatic N) is 7. The van der Waals surface area contributed by atoms with E-state index >= 15 is 4.39 Å². The third kappa shape index (κ3) is 3.69. The van der Waals surface area contributed by atoms with Crippen molar-refractivity contribution in [2.45, 2.75) is 44.6 Å². The second kappa shape index (κ2) is 8.42. The maximum absolute atomic E-state index is 15.1. The zero-order chi connectivity index (χ0) is 24.2. The number of ether oxygens (including phenoxy) is 2. The lowest BCUT2D eigenvalue weighted by molar-refractivity contribution is -0.142. The first-order chi connectivity index (χ1) is 17.0. The third-order valence-corrected chi connectivity index (χ3v) is 7.24. The Kier molecular flexibility index (Phi) is 5.33. The summed E-state index contributed by atoms with van der Waals surface area (Å²) >= 11 is 0. The molecule has 0 unspecified atom stereocenters. The summed E-state index contributed by atoms with van der Waals surface area (Å²) in [7, 11) is 1.58. The molecule has 1 aromatic carbocycles. The van der Waals surface area contributed by atoms with Gasteiger partial charge in [-0.15, -0.1) is 10.2 Å². The largest absolute Gasteiger partial charge is 0.479 e. The Labute approximate surface area is 202 Å². The molecule has 10 nitrogen and oxygen atoms in total. The molecule has 1 N–H and O–H groups in total. The van der Waals surface area contributed by atoms with E-state index in [9.17, 15) is 0 Å². The lowest BCUT2D eigenvalue weighted by Crippen LogP contribution is -2.64. The van der Waals surface area contributed by atoms with Gasteiger partial charge in [0, 0.05) is 31.4 Å². The number of hydrogen-bond acceptors (Lipinski definition) is 8. The number of likely N-dealkylation sites (tertiary alicyclic amines) is 1. The maximum Gasteiger partial charge on any atom is 0.244 e. The van der Waals surface area contributed by atoms with Crippen LogP contribution in [0.25, 0.3) is 27.7 Å². The number of anilines is 1. The van der Waals surface area contributed by atoms with E-state index in [1.807, 2.05) is 36.0 Å². The van der Waals surface area contributed by atoms with Crippen LogP contribution in [0.15, 0.2) is 30.5 Å². The molecular weight excluding hydrogens is 451 g/mol. The van der Waals surface area contributed by atoms with E-state index in [0.29, 0.717) is 38.0 Å². The molecule has 3 aromatic heterocycles. The van der Waals surface area contributed by atoms with Crippen molar-refractivity contribution >= 4 is 22.5 Å². The average molecular weight is 481 g/mol. The average Bonchev–Trinajstić information content (AvgIpc) is 3.46. The monoisotopic (exact) mass is 480 g/mol. The van der Waals surface area contributed by atoms with Gasteiger partial charge in [0.05, 0.1) is 37.4 Å². The lowest BCUT2D eigenvalue weighted by Gasteiger charge is -2.50. The van der Waals surface area contributed by atoms with Gasteiger partial charge >= 0.3 is 0 Å². The molecule has 0 saturated carbocycles. The molecule has 5 heterocycles. The molecular formula is C24H29FN8O2. The van der Waals surface area contributed by atoms with Crippen LogP contribution in [0, 0.1) is 0 Å². The first-order valence-corrected chi connectivity index (χ1v) is 12.0. The van der Waals surface area contributed by atoms with Crippen molar-refractivity contribution < 1.29 is 13.9 Å². The first-order valence-electron chi connectivity index (χ1n) is 12.0. The number of halogens is 1. The van der Waals surface area contributed by atoms with Gasteiger partial charge in [0.1, 0.15) is 17.2 Å². The number of nitrogens with one attached hydrogen (secondary N) is 1. The molecule has 2 saturated heterocycles. The second-order valence-electron chi connectivity index (χ2n) is 9.57. The Morgan fingerprint density at radius 3 is 2.86 bits per heavy atom. The molecule has 2 fully saturated rings. The second-order valence-corrected chi connectivity index (χ2v) is 9.57. The van der Waals surface area contributed by atoms with Gasteiger partial charge < -0.3 is 14.8 Å². The van der Waals surface area contributed by atoms with Gasteiger partial charge in [0.2, 0.25) is 11.8 Å². The minimum atomic E-state index is -1.03. The number of hydrogen-bond donors (Lipinski definition) is 1. The van der Waals surface area contributed by atoms with E-state index in [4.69, 9.17) is 9.47 Å². The Hall–Kier alpha value is -3.31. The molecule has 0 aliphatic carbocycles. The number of fused-ring (bicyclic) bond motifs is 2. The summed E-state index contributed by atoms with van der Waals surface area (Å²) in [6.45, 7) is 7.40. The maximum atomic E-state index is 15.1. The van der Waals surface area contributed by atoms with E-state index in [1.165, 1.54) is 0 Å². The number of rotatable bonds is 6. The van der Waals surface area contributed by atoms with Gasteiger partial charge in [-0.05, 0) is 44.0 Å². The minimum absolute atomic E-state index is 0.0522. The fourth-order valence-electron chi connectivity index (χ4n) is 5.10. The summed E-state index contributed by atoms with van der Waals surface area (Å²) in [6.07, 6.45) is 1.50. The highest BCUT2D eigenvalue weighted by Crippen LogP contribution is 2.34. The fraction of sp³-hybridized carbons (Fsp3) is 0.500. The molecule has 2 atom stereocenters. The number of aryl methyl sites for hydroxylation is 1. The van der Waals surface area contributed by atoms with Crippen LogP contribution in [0.2, 0.25) is 0 Å². The molecule has 0 amide bonds. The Morgan fingerprint density at radius 2 is 2.14 bits per heavy atom. The van der Waals surface area contributed by atoms with E-state index in [-0.39, 0.29) is 11.6 Å². The van der Waals surface area contributed by atoms with Crippen molar-refractivity contribution in [1.82, 2.24) is 34.5 Å². The van der Waals surface area contributed by atoms with Crippen molar-refractivity contribution in [3.63, 3.8) is 0 Å². The van der Waals surface area contributed by atoms with Gasteiger partial charge in [-0.3, -0.25) is 4.90 Å². The standard InChI is InChI=1S/C24H29FN8O2/c1-4-32-20-11-15(5-6-19(20)28-30-32)16-7-10-33-21(16)22(34-3)27-23(29-33)26-18-8-9-31(12-17(18)25)24(2)13-35-14-24/h5-7,10-11,17-18H,4,8-9,12-14H2,1-3H3,(H,26,29)/t17-,18+/m1/s1. The van der Waals surface area contributed by atoms with Crippen LogP contribution in [0.3, 0.4) is 0 Å². The number of aromatic nitrogens is 6. The van der Waals surface area contributed by atoms with Gasteiger partial charge in [-0.25, -0.2) is 13.6 Å². The topological polar surface area (TPSA) is 94.6 Å². The SMILES string of the molecule is CCn1nnc2ccc(-c3ccn4nc(N[C@H]5CCN(C6(C)COC6)C[C@H]5F)nc(OC)c34)cc21. The van der Waals surface area contributed by atoms with Crippen molar-refractivity contribution in [3.8, 4) is 17.0 Å². The highest BCUT2D eigenvalue weighted by Gasteiger charge is 2.43. The molecule has 2 aliphatic rings. The molecule has 0 bridgehead atoms. The predicted molar refractivity (Wildman–Crippen MR) is 129 cm³/mol. The number of piperidine rings is 1. The van der Waals surface area contributed by atoms with Crippen molar-refractivity contribution in [2.24, 2.45) is 0 Å². The Balaban J connectivity index is 1.28. The molecule has 184 valence electrons. The molecule has 6 rings (SSSR count). The Morgan fingerprint density at radius 1 is 1.29 bits per heavy atom. The lowest BCUT2D eigenvalue weighted by atomic mass is 9.92. The van der Waals surface area contributed by atoms with Crippen molar-refractivity contribution in [2.75, 3.05) is 38.7 Å². The molecule has 0 radical (unpaired) electrons.